The van der Waals surface area contributed by atoms with E-state index >= 15 is 0 Å². The molecule has 0 radical (unpaired) electrons. The molecular weight excluding hydrogens is 174 g/mol. The quantitative estimate of drug-likeness (QED) is 0.709. The lowest BCUT2D eigenvalue weighted by Gasteiger charge is -2.28. The Bertz CT molecular complexity index is 311. The number of rotatable bonds is 1. The van der Waals surface area contributed by atoms with Gasteiger partial charge in [0.15, 0.2) is 0 Å². The molecule has 0 spiro atoms. The number of hydrogen-bond acceptors (Lipinski definition) is 3. The Morgan fingerprint density at radius 1 is 1.29 bits per heavy atom. The van der Waals surface area contributed by atoms with Crippen LogP contribution in [0.1, 0.15) is 37.3 Å². The van der Waals surface area contributed by atoms with Crippen LogP contribution in [-0.4, -0.2) is 11.0 Å². The minimum absolute atomic E-state index is 0.262. The molecule has 2 unspecified atom stereocenters. The minimum Gasteiger partial charge on any atom is -0.399 e. The number of anilines is 1. The Morgan fingerprint density at radius 2 is 2.07 bits per heavy atom. The summed E-state index contributed by atoms with van der Waals surface area (Å²) in [4.78, 5) is 4.35. The highest BCUT2D eigenvalue weighted by molar-refractivity contribution is 5.38. The molecule has 1 aliphatic carbocycles. The van der Waals surface area contributed by atoms with E-state index in [2.05, 4.69) is 4.98 Å². The van der Waals surface area contributed by atoms with Crippen molar-refractivity contribution in [3.63, 3.8) is 0 Å². The summed E-state index contributed by atoms with van der Waals surface area (Å²) in [5.41, 5.74) is 13.7. The van der Waals surface area contributed by atoms with E-state index in [9.17, 15) is 0 Å². The van der Waals surface area contributed by atoms with Gasteiger partial charge in [0.2, 0.25) is 0 Å². The van der Waals surface area contributed by atoms with Crippen LogP contribution >= 0.6 is 0 Å². The summed E-state index contributed by atoms with van der Waals surface area (Å²) in [5.74, 6) is 0.409. The molecule has 0 amide bonds. The maximum absolute atomic E-state index is 6.08. The second-order valence-corrected chi connectivity index (χ2v) is 4.07. The van der Waals surface area contributed by atoms with Gasteiger partial charge in [0.1, 0.15) is 0 Å². The first-order valence-corrected chi connectivity index (χ1v) is 5.24. The van der Waals surface area contributed by atoms with Crippen molar-refractivity contribution < 1.29 is 0 Å². The lowest BCUT2D eigenvalue weighted by Crippen LogP contribution is -2.31. The van der Waals surface area contributed by atoms with Crippen molar-refractivity contribution in [3.05, 3.63) is 24.0 Å². The van der Waals surface area contributed by atoms with Crippen LogP contribution in [0.5, 0.6) is 0 Å². The third-order valence-electron chi connectivity index (χ3n) is 3.00. The van der Waals surface area contributed by atoms with Crippen molar-refractivity contribution >= 4 is 5.69 Å². The molecule has 3 nitrogen and oxygen atoms in total. The monoisotopic (exact) mass is 191 g/mol. The molecule has 14 heavy (non-hydrogen) atoms. The molecule has 76 valence electrons. The Balaban J connectivity index is 2.20. The van der Waals surface area contributed by atoms with Crippen LogP contribution in [-0.2, 0) is 0 Å². The summed E-state index contributed by atoms with van der Waals surface area (Å²) in [6, 6.07) is 4.03. The number of nitrogens with two attached hydrogens (primary N) is 2. The van der Waals surface area contributed by atoms with Crippen molar-refractivity contribution in [1.82, 2.24) is 4.98 Å². The molecule has 1 aliphatic rings. The molecule has 0 aromatic carbocycles. The first kappa shape index (κ1) is 9.46. The van der Waals surface area contributed by atoms with E-state index in [-0.39, 0.29) is 6.04 Å². The van der Waals surface area contributed by atoms with Crippen molar-refractivity contribution in [2.45, 2.75) is 37.6 Å². The van der Waals surface area contributed by atoms with Crippen LogP contribution in [0.4, 0.5) is 5.69 Å². The van der Waals surface area contributed by atoms with Gasteiger partial charge in [0.25, 0.3) is 0 Å². The second-order valence-electron chi connectivity index (χ2n) is 4.07. The first-order chi connectivity index (χ1) is 6.77. The molecule has 4 N–H and O–H groups in total. The molecule has 2 rings (SSSR count). The SMILES string of the molecule is Nc1ccnc(C2CCCCC2N)c1. The zero-order chi connectivity index (χ0) is 9.97. The zero-order valence-electron chi connectivity index (χ0n) is 8.32. The van der Waals surface area contributed by atoms with E-state index in [0.29, 0.717) is 5.92 Å². The van der Waals surface area contributed by atoms with E-state index in [1.165, 1.54) is 12.8 Å². The van der Waals surface area contributed by atoms with Crippen molar-refractivity contribution in [2.75, 3.05) is 5.73 Å². The van der Waals surface area contributed by atoms with Crippen molar-refractivity contribution in [3.8, 4) is 0 Å². The highest BCUT2D eigenvalue weighted by Crippen LogP contribution is 2.31. The normalized spacial score (nSPS) is 27.5. The van der Waals surface area contributed by atoms with Gasteiger partial charge in [0, 0.05) is 29.5 Å². The van der Waals surface area contributed by atoms with Gasteiger partial charge >= 0.3 is 0 Å². The maximum atomic E-state index is 6.08. The summed E-state index contributed by atoms with van der Waals surface area (Å²) in [5, 5.41) is 0. The molecule has 1 saturated carbocycles. The van der Waals surface area contributed by atoms with Gasteiger partial charge in [-0.25, -0.2) is 0 Å². The molecule has 1 aromatic rings. The standard InChI is InChI=1S/C11H17N3/c12-8-5-6-14-11(7-8)9-3-1-2-4-10(9)13/h5-7,9-10H,1-4,13H2,(H2,12,14). The van der Waals surface area contributed by atoms with Crippen molar-refractivity contribution in [2.24, 2.45) is 5.73 Å². The summed E-state index contributed by atoms with van der Waals surface area (Å²) in [6.45, 7) is 0. The highest BCUT2D eigenvalue weighted by Gasteiger charge is 2.24. The molecule has 1 fully saturated rings. The molecule has 1 aromatic heterocycles. The van der Waals surface area contributed by atoms with Crippen LogP contribution in [0, 0.1) is 0 Å². The number of nitrogens with zero attached hydrogens (tertiary/aromatic N) is 1. The zero-order valence-corrected chi connectivity index (χ0v) is 8.32. The van der Waals surface area contributed by atoms with Crippen LogP contribution in [0.15, 0.2) is 18.3 Å². The highest BCUT2D eigenvalue weighted by atomic mass is 14.7. The topological polar surface area (TPSA) is 64.9 Å². The van der Waals surface area contributed by atoms with Gasteiger partial charge in [-0.3, -0.25) is 4.98 Å². The fourth-order valence-electron chi connectivity index (χ4n) is 2.20. The average Bonchev–Trinajstić information content (AvgIpc) is 2.18. The van der Waals surface area contributed by atoms with Crippen LogP contribution in [0.2, 0.25) is 0 Å². The number of nitrogen functional groups attached to an aromatic ring is 1. The van der Waals surface area contributed by atoms with Gasteiger partial charge in [-0.15, -0.1) is 0 Å². The largest absolute Gasteiger partial charge is 0.399 e. The number of aromatic nitrogens is 1. The molecule has 3 heteroatoms. The molecule has 0 aliphatic heterocycles. The molecular formula is C11H17N3. The maximum Gasteiger partial charge on any atom is 0.0470 e. The fourth-order valence-corrected chi connectivity index (χ4v) is 2.20. The summed E-state index contributed by atoms with van der Waals surface area (Å²) in [7, 11) is 0. The average molecular weight is 191 g/mol. The summed E-state index contributed by atoms with van der Waals surface area (Å²) >= 11 is 0. The summed E-state index contributed by atoms with van der Waals surface area (Å²) in [6.07, 6.45) is 6.54. The fraction of sp³-hybridized carbons (Fsp3) is 0.545. The Labute approximate surface area is 84.5 Å². The van der Waals surface area contributed by atoms with Gasteiger partial charge in [-0.2, -0.15) is 0 Å². The van der Waals surface area contributed by atoms with Gasteiger partial charge < -0.3 is 11.5 Å². The molecule has 2 atom stereocenters. The van der Waals surface area contributed by atoms with E-state index in [4.69, 9.17) is 11.5 Å². The van der Waals surface area contributed by atoms with Crippen LogP contribution in [0.3, 0.4) is 0 Å². The lowest BCUT2D eigenvalue weighted by molar-refractivity contribution is 0.380. The van der Waals surface area contributed by atoms with E-state index < -0.39 is 0 Å². The predicted molar refractivity (Wildman–Crippen MR) is 57.8 cm³/mol. The Hall–Kier alpha value is -1.09. The van der Waals surface area contributed by atoms with Gasteiger partial charge in [-0.1, -0.05) is 12.8 Å². The third kappa shape index (κ3) is 1.87. The van der Waals surface area contributed by atoms with E-state index in [0.717, 1.165) is 24.2 Å². The van der Waals surface area contributed by atoms with Crippen molar-refractivity contribution in [1.29, 1.82) is 0 Å². The number of pyridine rings is 1. The third-order valence-corrected chi connectivity index (χ3v) is 3.00. The summed E-state index contributed by atoms with van der Waals surface area (Å²) < 4.78 is 0. The van der Waals surface area contributed by atoms with Gasteiger partial charge in [0.05, 0.1) is 0 Å². The molecule has 0 saturated heterocycles. The van der Waals surface area contributed by atoms with Crippen LogP contribution < -0.4 is 11.5 Å². The Morgan fingerprint density at radius 3 is 2.79 bits per heavy atom. The Kier molecular flexibility index (Phi) is 2.68. The smallest absolute Gasteiger partial charge is 0.0470 e. The number of hydrogen-bond donors (Lipinski definition) is 2. The first-order valence-electron chi connectivity index (χ1n) is 5.24. The van der Waals surface area contributed by atoms with E-state index in [1.807, 2.05) is 12.1 Å². The molecule has 1 heterocycles. The predicted octanol–water partition coefficient (Wildman–Crippen LogP) is 1.65. The lowest BCUT2D eigenvalue weighted by atomic mass is 9.82. The van der Waals surface area contributed by atoms with Crippen LogP contribution in [0.25, 0.3) is 0 Å². The van der Waals surface area contributed by atoms with Gasteiger partial charge in [-0.05, 0) is 25.0 Å². The molecule has 0 bridgehead atoms. The van der Waals surface area contributed by atoms with E-state index in [1.54, 1.807) is 6.20 Å². The second kappa shape index (κ2) is 3.96. The minimum atomic E-state index is 0.262.